The van der Waals surface area contributed by atoms with Crippen molar-refractivity contribution in [1.82, 2.24) is 0 Å². The van der Waals surface area contributed by atoms with E-state index in [0.29, 0.717) is 22.6 Å². The molecule has 0 amide bonds. The Kier molecular flexibility index (Phi) is 8.27. The highest BCUT2D eigenvalue weighted by Gasteiger charge is 2.47. The molecular formula is C10H12Br2Cl2N4O4S2. The number of hydrogen-bond acceptors (Lipinski definition) is 8. The van der Waals surface area contributed by atoms with E-state index in [-0.39, 0.29) is 11.1 Å². The van der Waals surface area contributed by atoms with Crippen molar-refractivity contribution in [2.45, 2.75) is 33.0 Å². The average Bonchev–Trinajstić information content (AvgIpc) is 3.10. The summed E-state index contributed by atoms with van der Waals surface area (Å²) >= 11 is 19.4. The smallest absolute Gasteiger partial charge is 0.272 e. The van der Waals surface area contributed by atoms with Crippen molar-refractivity contribution < 1.29 is 9.85 Å². The van der Waals surface area contributed by atoms with Gasteiger partial charge in [0.15, 0.2) is 10.1 Å². The summed E-state index contributed by atoms with van der Waals surface area (Å²) in [5, 5.41) is 21.9. The van der Waals surface area contributed by atoms with Gasteiger partial charge in [-0.1, -0.05) is 30.4 Å². The minimum atomic E-state index is -2.04. The summed E-state index contributed by atoms with van der Waals surface area (Å²) in [5.41, 5.74) is 0. The summed E-state index contributed by atoms with van der Waals surface area (Å²) in [4.78, 5) is 27.7. The first kappa shape index (κ1) is 22.4. The largest absolute Gasteiger partial charge is 0.418 e. The van der Waals surface area contributed by atoms with Gasteiger partial charge in [0.25, 0.3) is 0 Å². The molecule has 0 N–H and O–H groups in total. The Hall–Kier alpha value is 0.380. The fraction of sp³-hybridized carbons (Fsp3) is 0.800. The van der Waals surface area contributed by atoms with Crippen LogP contribution < -0.4 is 0 Å². The summed E-state index contributed by atoms with van der Waals surface area (Å²) in [6, 6.07) is 0.134. The van der Waals surface area contributed by atoms with Gasteiger partial charge < -0.3 is 0 Å². The zero-order valence-electron chi connectivity index (χ0n) is 12.3. The van der Waals surface area contributed by atoms with Crippen molar-refractivity contribution in [3.8, 4) is 0 Å². The lowest BCUT2D eigenvalue weighted by molar-refractivity contribution is -0.495. The van der Waals surface area contributed by atoms with Gasteiger partial charge in [-0.25, -0.2) is 0 Å². The van der Waals surface area contributed by atoms with E-state index in [1.807, 2.05) is 13.8 Å². The standard InChI is InChI=1S/C6H8Br2N2O2S.C4H4Cl2N2O2S/c1-3-4(2)13-5(9-3)6(7,8)10(11)12;5-4(6,8(9)10)3-7-1-2-11-3/h3-4H,1-2H3;1-2H2. The normalized spacial score (nSPS) is 23.9. The Labute approximate surface area is 173 Å². The highest BCUT2D eigenvalue weighted by molar-refractivity contribution is 9.26. The van der Waals surface area contributed by atoms with Crippen LogP contribution in [0.25, 0.3) is 0 Å². The van der Waals surface area contributed by atoms with Crippen LogP contribution in [0.1, 0.15) is 13.8 Å². The van der Waals surface area contributed by atoms with E-state index in [2.05, 4.69) is 41.8 Å². The molecule has 0 saturated carbocycles. The van der Waals surface area contributed by atoms with Crippen LogP contribution in [-0.4, -0.2) is 51.3 Å². The monoisotopic (exact) mass is 544 g/mol. The number of hydrogen-bond donors (Lipinski definition) is 0. The number of halogens is 4. The van der Waals surface area contributed by atoms with E-state index in [1.54, 1.807) is 0 Å². The van der Waals surface area contributed by atoms with E-state index in [0.717, 1.165) is 0 Å². The summed E-state index contributed by atoms with van der Waals surface area (Å²) in [7, 11) is 0. The maximum Gasteiger partial charge on any atom is 0.418 e. The molecule has 0 saturated heterocycles. The topological polar surface area (TPSA) is 111 Å². The Balaban J connectivity index is 0.000000243. The lowest BCUT2D eigenvalue weighted by atomic mass is 10.3. The second-order valence-corrected chi connectivity index (χ2v) is 11.7. The number of nitro groups is 2. The summed E-state index contributed by atoms with van der Waals surface area (Å²) in [6.45, 7) is 4.50. The van der Waals surface area contributed by atoms with E-state index in [4.69, 9.17) is 23.2 Å². The lowest BCUT2D eigenvalue weighted by Crippen LogP contribution is -2.32. The first-order chi connectivity index (χ1) is 10.9. The minimum absolute atomic E-state index is 0.134. The number of aliphatic imine (C=N–C) groups is 2. The van der Waals surface area contributed by atoms with Crippen LogP contribution in [0.4, 0.5) is 0 Å². The van der Waals surface area contributed by atoms with Crippen LogP contribution in [0.3, 0.4) is 0 Å². The van der Waals surface area contributed by atoms with Crippen LogP contribution in [0.5, 0.6) is 0 Å². The third kappa shape index (κ3) is 5.44. The number of nitrogens with zero attached hydrogens (tertiary/aromatic N) is 4. The van der Waals surface area contributed by atoms with Crippen LogP contribution in [0, 0.1) is 20.2 Å². The predicted octanol–water partition coefficient (Wildman–Crippen LogP) is 4.17. The summed E-state index contributed by atoms with van der Waals surface area (Å²) in [5.74, 6) is 0.713. The molecule has 24 heavy (non-hydrogen) atoms. The molecule has 0 bridgehead atoms. The Morgan fingerprint density at radius 3 is 2.12 bits per heavy atom. The molecule has 136 valence electrons. The van der Waals surface area contributed by atoms with Gasteiger partial charge >= 0.3 is 7.81 Å². The van der Waals surface area contributed by atoms with Crippen molar-refractivity contribution in [1.29, 1.82) is 0 Å². The molecule has 2 atom stereocenters. The van der Waals surface area contributed by atoms with Crippen LogP contribution in [0.2, 0.25) is 0 Å². The van der Waals surface area contributed by atoms with Crippen LogP contribution in [0.15, 0.2) is 9.98 Å². The molecule has 2 heterocycles. The molecule has 2 aliphatic rings. The maximum atomic E-state index is 10.6. The highest BCUT2D eigenvalue weighted by atomic mass is 79.9. The van der Waals surface area contributed by atoms with E-state index in [9.17, 15) is 20.2 Å². The molecule has 0 spiro atoms. The van der Waals surface area contributed by atoms with E-state index < -0.39 is 17.7 Å². The molecule has 2 aliphatic heterocycles. The van der Waals surface area contributed by atoms with Crippen molar-refractivity contribution >= 4 is 88.7 Å². The van der Waals surface area contributed by atoms with Crippen molar-refractivity contribution in [3.05, 3.63) is 20.2 Å². The minimum Gasteiger partial charge on any atom is -0.272 e. The zero-order valence-corrected chi connectivity index (χ0v) is 18.6. The summed E-state index contributed by atoms with van der Waals surface area (Å²) < 4.78 is -3.44. The third-order valence-corrected chi connectivity index (χ3v) is 8.04. The number of alkyl halides is 4. The summed E-state index contributed by atoms with van der Waals surface area (Å²) in [6.07, 6.45) is 0. The van der Waals surface area contributed by atoms with E-state index >= 15 is 0 Å². The molecule has 8 nitrogen and oxygen atoms in total. The lowest BCUT2D eigenvalue weighted by Gasteiger charge is -2.10. The predicted molar refractivity (Wildman–Crippen MR) is 108 cm³/mol. The fourth-order valence-corrected chi connectivity index (χ4v) is 4.49. The van der Waals surface area contributed by atoms with Crippen molar-refractivity contribution in [3.63, 3.8) is 0 Å². The van der Waals surface area contributed by atoms with Crippen molar-refractivity contribution in [2.75, 3.05) is 12.3 Å². The fourth-order valence-electron chi connectivity index (χ4n) is 1.42. The van der Waals surface area contributed by atoms with Crippen molar-refractivity contribution in [2.24, 2.45) is 9.98 Å². The molecular weight excluding hydrogens is 535 g/mol. The first-order valence-electron chi connectivity index (χ1n) is 6.38. The Bertz CT molecular complexity index is 591. The second kappa shape index (κ2) is 8.85. The van der Waals surface area contributed by atoms with Crippen LogP contribution >= 0.6 is 78.6 Å². The maximum absolute atomic E-state index is 10.6. The number of thioether (sulfide) groups is 2. The van der Waals surface area contributed by atoms with Gasteiger partial charge in [-0.05, 0) is 30.1 Å². The van der Waals surface area contributed by atoms with Gasteiger partial charge in [-0.15, -0.1) is 0 Å². The molecule has 14 heteroatoms. The molecule has 0 aromatic carbocycles. The molecule has 0 fully saturated rings. The van der Waals surface area contributed by atoms with Crippen LogP contribution in [-0.2, 0) is 0 Å². The van der Waals surface area contributed by atoms with Gasteiger partial charge in [0.2, 0.25) is 0 Å². The first-order valence-corrected chi connectivity index (χ1v) is 10.6. The molecule has 0 aromatic heterocycles. The molecule has 0 aliphatic carbocycles. The highest BCUT2D eigenvalue weighted by Crippen LogP contribution is 2.40. The van der Waals surface area contributed by atoms with Gasteiger partial charge in [-0.3, -0.25) is 30.2 Å². The number of rotatable bonds is 4. The SMILES string of the molecule is CC1N=C(C(Br)(Br)[N+](=O)[O-])SC1C.O=[N+]([O-])C(Cl)(Cl)C1=NCCS1. The third-order valence-electron chi connectivity index (χ3n) is 2.86. The molecule has 0 radical (unpaired) electrons. The average molecular weight is 547 g/mol. The second-order valence-electron chi connectivity index (χ2n) is 4.63. The van der Waals surface area contributed by atoms with E-state index in [1.165, 1.54) is 23.5 Å². The Morgan fingerprint density at radius 1 is 1.21 bits per heavy atom. The van der Waals surface area contributed by atoms with Gasteiger partial charge in [0.1, 0.15) is 0 Å². The van der Waals surface area contributed by atoms with Gasteiger partial charge in [0, 0.05) is 49.4 Å². The van der Waals surface area contributed by atoms with Gasteiger partial charge in [0.05, 0.1) is 15.9 Å². The molecule has 0 aromatic rings. The van der Waals surface area contributed by atoms with Gasteiger partial charge in [-0.2, -0.15) is 0 Å². The zero-order chi connectivity index (χ0) is 18.7. The Morgan fingerprint density at radius 2 is 1.79 bits per heavy atom. The molecule has 2 unspecified atom stereocenters. The quantitative estimate of drug-likeness (QED) is 0.226. The molecule has 2 rings (SSSR count).